The summed E-state index contributed by atoms with van der Waals surface area (Å²) < 4.78 is 13.2. The van der Waals surface area contributed by atoms with E-state index in [0.717, 1.165) is 28.9 Å². The van der Waals surface area contributed by atoms with E-state index in [1.807, 2.05) is 26.0 Å². The second-order valence-electron chi connectivity index (χ2n) is 4.68. The monoisotopic (exact) mass is 259 g/mol. The Morgan fingerprint density at radius 1 is 1.26 bits per heavy atom. The van der Waals surface area contributed by atoms with Crippen molar-refractivity contribution < 1.29 is 4.39 Å². The van der Waals surface area contributed by atoms with Gasteiger partial charge in [-0.2, -0.15) is 10.2 Å². The molecule has 0 fully saturated rings. The van der Waals surface area contributed by atoms with Gasteiger partial charge in [0, 0.05) is 6.04 Å². The van der Waals surface area contributed by atoms with Crippen molar-refractivity contribution in [3.8, 4) is 0 Å². The third kappa shape index (κ3) is 3.35. The van der Waals surface area contributed by atoms with Crippen molar-refractivity contribution in [2.45, 2.75) is 32.7 Å². The van der Waals surface area contributed by atoms with Crippen LogP contribution in [0.15, 0.2) is 30.3 Å². The van der Waals surface area contributed by atoms with E-state index in [-0.39, 0.29) is 11.9 Å². The first-order chi connectivity index (χ1) is 9.10. The molecular weight excluding hydrogens is 241 g/mol. The molecule has 4 heteroatoms. The summed E-state index contributed by atoms with van der Waals surface area (Å²) in [6.07, 6.45) is 1.38. The molecule has 2 aromatic rings. The Balaban J connectivity index is 2.24. The van der Waals surface area contributed by atoms with Gasteiger partial charge < -0.3 is 5.73 Å². The smallest absolute Gasteiger partial charge is 0.123 e. The zero-order valence-electron chi connectivity index (χ0n) is 11.2. The summed E-state index contributed by atoms with van der Waals surface area (Å²) >= 11 is 0. The minimum Gasteiger partial charge on any atom is -0.324 e. The van der Waals surface area contributed by atoms with Crippen molar-refractivity contribution in [1.82, 2.24) is 10.2 Å². The van der Waals surface area contributed by atoms with Crippen LogP contribution >= 0.6 is 0 Å². The Bertz CT molecular complexity index is 569. The predicted octanol–water partition coefficient (Wildman–Crippen LogP) is 2.73. The standard InChI is InChI=1S/C15H18FN3/c1-3-15-13(7-10(2)18-19-15)14(17)9-11-5-4-6-12(16)8-11/h4-8,14H,3,9,17H2,1-2H3. The van der Waals surface area contributed by atoms with Gasteiger partial charge in [0.1, 0.15) is 5.82 Å². The average Bonchev–Trinajstić information content (AvgIpc) is 2.38. The van der Waals surface area contributed by atoms with Crippen molar-refractivity contribution >= 4 is 0 Å². The van der Waals surface area contributed by atoms with E-state index in [4.69, 9.17) is 5.73 Å². The maximum absolute atomic E-state index is 13.2. The highest BCUT2D eigenvalue weighted by Crippen LogP contribution is 2.20. The lowest BCUT2D eigenvalue weighted by Crippen LogP contribution is -2.17. The normalized spacial score (nSPS) is 12.4. The molecule has 0 aliphatic carbocycles. The second kappa shape index (κ2) is 5.89. The number of aromatic nitrogens is 2. The highest BCUT2D eigenvalue weighted by atomic mass is 19.1. The molecule has 100 valence electrons. The molecule has 0 bridgehead atoms. The molecule has 1 unspecified atom stereocenters. The number of nitrogens with two attached hydrogens (primary N) is 1. The average molecular weight is 259 g/mol. The lowest BCUT2D eigenvalue weighted by Gasteiger charge is -2.15. The first-order valence-corrected chi connectivity index (χ1v) is 6.43. The minimum atomic E-state index is -0.232. The zero-order chi connectivity index (χ0) is 13.8. The zero-order valence-corrected chi connectivity index (χ0v) is 11.2. The lowest BCUT2D eigenvalue weighted by molar-refractivity contribution is 0.621. The molecule has 0 saturated heterocycles. The largest absolute Gasteiger partial charge is 0.324 e. The summed E-state index contributed by atoms with van der Waals surface area (Å²) in [4.78, 5) is 0. The van der Waals surface area contributed by atoms with Crippen molar-refractivity contribution in [3.63, 3.8) is 0 Å². The van der Waals surface area contributed by atoms with Crippen LogP contribution in [0.4, 0.5) is 4.39 Å². The van der Waals surface area contributed by atoms with Gasteiger partial charge in [-0.05, 0) is 49.1 Å². The van der Waals surface area contributed by atoms with E-state index >= 15 is 0 Å². The van der Waals surface area contributed by atoms with Crippen LogP contribution in [0, 0.1) is 12.7 Å². The maximum Gasteiger partial charge on any atom is 0.123 e. The number of rotatable bonds is 4. The molecule has 0 saturated carbocycles. The third-order valence-electron chi connectivity index (χ3n) is 3.11. The Morgan fingerprint density at radius 3 is 2.74 bits per heavy atom. The first kappa shape index (κ1) is 13.6. The summed E-state index contributed by atoms with van der Waals surface area (Å²) in [6.45, 7) is 3.92. The highest BCUT2D eigenvalue weighted by Gasteiger charge is 2.13. The van der Waals surface area contributed by atoms with Gasteiger partial charge in [0.2, 0.25) is 0 Å². The summed E-state index contributed by atoms with van der Waals surface area (Å²) in [5.41, 5.74) is 9.88. The fourth-order valence-electron chi connectivity index (χ4n) is 2.16. The number of benzene rings is 1. The van der Waals surface area contributed by atoms with Gasteiger partial charge in [-0.1, -0.05) is 19.1 Å². The van der Waals surface area contributed by atoms with Crippen molar-refractivity contribution in [1.29, 1.82) is 0 Å². The fourth-order valence-corrected chi connectivity index (χ4v) is 2.16. The van der Waals surface area contributed by atoms with Crippen molar-refractivity contribution in [2.75, 3.05) is 0 Å². The third-order valence-corrected chi connectivity index (χ3v) is 3.11. The van der Waals surface area contributed by atoms with Gasteiger partial charge in [-0.3, -0.25) is 0 Å². The van der Waals surface area contributed by atoms with E-state index in [0.29, 0.717) is 6.42 Å². The summed E-state index contributed by atoms with van der Waals surface area (Å²) in [7, 11) is 0. The van der Waals surface area contributed by atoms with Gasteiger partial charge in [0.05, 0.1) is 11.4 Å². The van der Waals surface area contributed by atoms with E-state index < -0.39 is 0 Å². The van der Waals surface area contributed by atoms with Gasteiger partial charge in [-0.15, -0.1) is 0 Å². The number of halogens is 1. The first-order valence-electron chi connectivity index (χ1n) is 6.43. The lowest BCUT2D eigenvalue weighted by atomic mass is 9.97. The van der Waals surface area contributed by atoms with Crippen LogP contribution in [0.25, 0.3) is 0 Å². The summed E-state index contributed by atoms with van der Waals surface area (Å²) in [5.74, 6) is -0.232. The Labute approximate surface area is 112 Å². The van der Waals surface area contributed by atoms with Crippen molar-refractivity contribution in [2.24, 2.45) is 5.73 Å². The Morgan fingerprint density at radius 2 is 2.05 bits per heavy atom. The molecule has 1 atom stereocenters. The van der Waals surface area contributed by atoms with Crippen LogP contribution in [0.3, 0.4) is 0 Å². The van der Waals surface area contributed by atoms with Gasteiger partial charge >= 0.3 is 0 Å². The molecule has 0 amide bonds. The Hall–Kier alpha value is -1.81. The molecule has 3 nitrogen and oxygen atoms in total. The molecule has 0 radical (unpaired) electrons. The highest BCUT2D eigenvalue weighted by molar-refractivity contribution is 5.27. The number of aryl methyl sites for hydroxylation is 2. The fraction of sp³-hybridized carbons (Fsp3) is 0.333. The molecule has 0 spiro atoms. The van der Waals surface area contributed by atoms with E-state index in [2.05, 4.69) is 10.2 Å². The van der Waals surface area contributed by atoms with Crippen LogP contribution in [0.1, 0.15) is 35.5 Å². The van der Waals surface area contributed by atoms with E-state index in [1.165, 1.54) is 12.1 Å². The maximum atomic E-state index is 13.2. The SMILES string of the molecule is CCc1nnc(C)cc1C(N)Cc1cccc(F)c1. The van der Waals surface area contributed by atoms with Crippen LogP contribution in [-0.4, -0.2) is 10.2 Å². The quantitative estimate of drug-likeness (QED) is 0.918. The van der Waals surface area contributed by atoms with Crippen LogP contribution in [-0.2, 0) is 12.8 Å². The number of hydrogen-bond acceptors (Lipinski definition) is 3. The van der Waals surface area contributed by atoms with Crippen LogP contribution < -0.4 is 5.73 Å². The van der Waals surface area contributed by atoms with E-state index in [1.54, 1.807) is 6.07 Å². The number of nitrogens with zero attached hydrogens (tertiary/aromatic N) is 2. The minimum absolute atomic E-state index is 0.189. The molecule has 0 aliphatic rings. The van der Waals surface area contributed by atoms with Gasteiger partial charge in [0.15, 0.2) is 0 Å². The van der Waals surface area contributed by atoms with Gasteiger partial charge in [0.25, 0.3) is 0 Å². The van der Waals surface area contributed by atoms with Crippen molar-refractivity contribution in [3.05, 3.63) is 58.7 Å². The molecule has 0 aliphatic heterocycles. The molecule has 2 rings (SSSR count). The van der Waals surface area contributed by atoms with E-state index in [9.17, 15) is 4.39 Å². The second-order valence-corrected chi connectivity index (χ2v) is 4.68. The molecule has 1 aromatic carbocycles. The van der Waals surface area contributed by atoms with Gasteiger partial charge in [-0.25, -0.2) is 4.39 Å². The Kier molecular flexibility index (Phi) is 4.22. The molecule has 2 N–H and O–H groups in total. The number of hydrogen-bond donors (Lipinski definition) is 1. The van der Waals surface area contributed by atoms with Crippen LogP contribution in [0.2, 0.25) is 0 Å². The molecule has 1 heterocycles. The predicted molar refractivity (Wildman–Crippen MR) is 73.2 cm³/mol. The summed E-state index contributed by atoms with van der Waals surface area (Å²) in [5, 5.41) is 8.22. The topological polar surface area (TPSA) is 51.8 Å². The summed E-state index contributed by atoms with van der Waals surface area (Å²) in [6, 6.07) is 8.32. The molecule has 19 heavy (non-hydrogen) atoms. The molecular formula is C15H18FN3. The van der Waals surface area contributed by atoms with Crippen LogP contribution in [0.5, 0.6) is 0 Å². The molecule has 1 aromatic heterocycles.